The van der Waals surface area contributed by atoms with E-state index in [4.69, 9.17) is 9.84 Å². The highest BCUT2D eigenvalue weighted by Crippen LogP contribution is 2.27. The van der Waals surface area contributed by atoms with Gasteiger partial charge in [0.15, 0.2) is 0 Å². The summed E-state index contributed by atoms with van der Waals surface area (Å²) in [6.45, 7) is 3.72. The molecule has 0 saturated heterocycles. The molecule has 0 saturated carbocycles. The predicted molar refractivity (Wildman–Crippen MR) is 67.5 cm³/mol. The Morgan fingerprint density at radius 3 is 2.65 bits per heavy atom. The van der Waals surface area contributed by atoms with Crippen LogP contribution in [-0.4, -0.2) is 28.4 Å². The molecular weight excluding hydrogens is 288 g/mol. The van der Waals surface area contributed by atoms with E-state index in [2.05, 4.69) is 15.9 Å². The van der Waals surface area contributed by atoms with Crippen LogP contribution in [0.1, 0.15) is 30.6 Å². The molecule has 1 aromatic carbocycles. The molecule has 1 rings (SSSR count). The van der Waals surface area contributed by atoms with E-state index in [1.54, 1.807) is 13.0 Å². The van der Waals surface area contributed by atoms with E-state index >= 15 is 0 Å². The first kappa shape index (κ1) is 14.0. The van der Waals surface area contributed by atoms with Gasteiger partial charge in [0, 0.05) is 0 Å². The van der Waals surface area contributed by atoms with Gasteiger partial charge in [-0.15, -0.1) is 0 Å². The SMILES string of the molecule is CCC(C)(O)COc1ccc(C(=O)O)cc1Br. The number of aromatic carboxylic acids is 1. The zero-order chi connectivity index (χ0) is 13.1. The number of carbonyl (C=O) groups is 1. The maximum Gasteiger partial charge on any atom is 0.335 e. The van der Waals surface area contributed by atoms with Crippen molar-refractivity contribution >= 4 is 21.9 Å². The second-order valence-corrected chi connectivity index (χ2v) is 4.94. The second kappa shape index (κ2) is 5.51. The lowest BCUT2D eigenvalue weighted by Gasteiger charge is -2.21. The Morgan fingerprint density at radius 1 is 1.53 bits per heavy atom. The minimum Gasteiger partial charge on any atom is -0.489 e. The zero-order valence-electron chi connectivity index (χ0n) is 9.74. The van der Waals surface area contributed by atoms with E-state index < -0.39 is 11.6 Å². The Labute approximate surface area is 108 Å². The smallest absolute Gasteiger partial charge is 0.335 e. The molecule has 1 unspecified atom stereocenters. The van der Waals surface area contributed by atoms with Gasteiger partial charge in [0.05, 0.1) is 15.6 Å². The molecule has 2 N–H and O–H groups in total. The number of carboxylic acid groups (broad SMARTS) is 1. The number of hydrogen-bond acceptors (Lipinski definition) is 3. The maximum absolute atomic E-state index is 10.7. The maximum atomic E-state index is 10.7. The summed E-state index contributed by atoms with van der Waals surface area (Å²) in [6, 6.07) is 4.50. The van der Waals surface area contributed by atoms with Gasteiger partial charge in [0.1, 0.15) is 12.4 Å². The van der Waals surface area contributed by atoms with Crippen molar-refractivity contribution in [3.8, 4) is 5.75 Å². The van der Waals surface area contributed by atoms with Crippen LogP contribution in [0.4, 0.5) is 0 Å². The third-order valence-electron chi connectivity index (χ3n) is 2.48. The van der Waals surface area contributed by atoms with Gasteiger partial charge in [-0.05, 0) is 47.5 Å². The van der Waals surface area contributed by atoms with Crippen molar-refractivity contribution in [1.29, 1.82) is 0 Å². The van der Waals surface area contributed by atoms with Gasteiger partial charge in [-0.1, -0.05) is 6.92 Å². The van der Waals surface area contributed by atoms with Gasteiger partial charge < -0.3 is 14.9 Å². The number of carboxylic acids is 1. The molecule has 1 atom stereocenters. The number of halogens is 1. The second-order valence-electron chi connectivity index (χ2n) is 4.09. The van der Waals surface area contributed by atoms with Crippen LogP contribution in [0.3, 0.4) is 0 Å². The summed E-state index contributed by atoms with van der Waals surface area (Å²) in [5, 5.41) is 18.6. The Bertz CT molecular complexity index is 415. The van der Waals surface area contributed by atoms with Crippen molar-refractivity contribution in [3.63, 3.8) is 0 Å². The average molecular weight is 303 g/mol. The van der Waals surface area contributed by atoms with Crippen molar-refractivity contribution in [2.45, 2.75) is 25.9 Å². The molecule has 0 aliphatic carbocycles. The highest BCUT2D eigenvalue weighted by molar-refractivity contribution is 9.10. The molecule has 0 radical (unpaired) electrons. The minimum atomic E-state index is -0.988. The van der Waals surface area contributed by atoms with Crippen molar-refractivity contribution in [3.05, 3.63) is 28.2 Å². The number of rotatable bonds is 5. The number of hydrogen-bond donors (Lipinski definition) is 2. The lowest BCUT2D eigenvalue weighted by molar-refractivity contribution is 0.00821. The minimum absolute atomic E-state index is 0.161. The summed E-state index contributed by atoms with van der Waals surface area (Å²) in [4.78, 5) is 10.7. The van der Waals surface area contributed by atoms with Crippen molar-refractivity contribution in [1.82, 2.24) is 0 Å². The fraction of sp³-hybridized carbons (Fsp3) is 0.417. The Hall–Kier alpha value is -1.07. The Kier molecular flexibility index (Phi) is 4.54. The molecule has 4 nitrogen and oxygen atoms in total. The van der Waals surface area contributed by atoms with E-state index in [9.17, 15) is 9.90 Å². The van der Waals surface area contributed by atoms with Crippen LogP contribution in [0.2, 0.25) is 0 Å². The summed E-state index contributed by atoms with van der Waals surface area (Å²) in [5.41, 5.74) is -0.697. The van der Waals surface area contributed by atoms with Crippen LogP contribution in [0.25, 0.3) is 0 Å². The molecule has 0 bridgehead atoms. The molecule has 0 heterocycles. The first-order valence-electron chi connectivity index (χ1n) is 5.24. The quantitative estimate of drug-likeness (QED) is 0.877. The fourth-order valence-electron chi connectivity index (χ4n) is 1.09. The predicted octanol–water partition coefficient (Wildman–Crippen LogP) is 2.69. The molecule has 94 valence electrons. The number of ether oxygens (including phenoxy) is 1. The molecule has 17 heavy (non-hydrogen) atoms. The third-order valence-corrected chi connectivity index (χ3v) is 3.10. The molecule has 0 aliphatic heterocycles. The molecule has 0 aliphatic rings. The number of aliphatic hydroxyl groups is 1. The average Bonchev–Trinajstić information content (AvgIpc) is 2.27. The highest BCUT2D eigenvalue weighted by Gasteiger charge is 2.19. The van der Waals surface area contributed by atoms with Crippen molar-refractivity contribution < 1.29 is 19.7 Å². The fourth-order valence-corrected chi connectivity index (χ4v) is 1.58. The summed E-state index contributed by atoms with van der Waals surface area (Å²) in [5.74, 6) is -0.471. The van der Waals surface area contributed by atoms with E-state index in [1.807, 2.05) is 6.92 Å². The molecule has 0 fully saturated rings. The van der Waals surface area contributed by atoms with E-state index in [0.717, 1.165) is 0 Å². The van der Waals surface area contributed by atoms with E-state index in [0.29, 0.717) is 16.6 Å². The van der Waals surface area contributed by atoms with Crippen molar-refractivity contribution in [2.75, 3.05) is 6.61 Å². The summed E-state index contributed by atoms with van der Waals surface area (Å²) in [6.07, 6.45) is 0.581. The molecule has 0 aromatic heterocycles. The Balaban J connectivity index is 2.77. The summed E-state index contributed by atoms with van der Waals surface area (Å²) >= 11 is 3.24. The highest BCUT2D eigenvalue weighted by atomic mass is 79.9. The van der Waals surface area contributed by atoms with E-state index in [-0.39, 0.29) is 12.2 Å². The van der Waals surface area contributed by atoms with Crippen LogP contribution in [-0.2, 0) is 0 Å². The number of benzene rings is 1. The Morgan fingerprint density at radius 2 is 2.18 bits per heavy atom. The monoisotopic (exact) mass is 302 g/mol. The molecule has 0 amide bonds. The van der Waals surface area contributed by atoms with Gasteiger partial charge in [-0.2, -0.15) is 0 Å². The molecular formula is C12H15BrO4. The van der Waals surface area contributed by atoms with Gasteiger partial charge in [0.2, 0.25) is 0 Å². The van der Waals surface area contributed by atoms with Crippen LogP contribution >= 0.6 is 15.9 Å². The normalized spacial score (nSPS) is 14.1. The lowest BCUT2D eigenvalue weighted by Crippen LogP contribution is -2.31. The molecule has 5 heteroatoms. The van der Waals surface area contributed by atoms with Gasteiger partial charge in [-0.3, -0.25) is 0 Å². The summed E-state index contributed by atoms with van der Waals surface area (Å²) in [7, 11) is 0. The largest absolute Gasteiger partial charge is 0.489 e. The molecule has 1 aromatic rings. The molecule has 0 spiro atoms. The zero-order valence-corrected chi connectivity index (χ0v) is 11.3. The van der Waals surface area contributed by atoms with Gasteiger partial charge >= 0.3 is 5.97 Å². The van der Waals surface area contributed by atoms with Crippen LogP contribution in [0.15, 0.2) is 22.7 Å². The first-order chi connectivity index (χ1) is 7.85. The topological polar surface area (TPSA) is 66.8 Å². The summed E-state index contributed by atoms with van der Waals surface area (Å²) < 4.78 is 6.00. The van der Waals surface area contributed by atoms with Crippen LogP contribution < -0.4 is 4.74 Å². The van der Waals surface area contributed by atoms with Gasteiger partial charge in [0.25, 0.3) is 0 Å². The van der Waals surface area contributed by atoms with Crippen molar-refractivity contribution in [2.24, 2.45) is 0 Å². The standard InChI is InChI=1S/C12H15BrO4/c1-3-12(2,16)7-17-10-5-4-8(11(14)15)6-9(10)13/h4-6,16H,3,7H2,1-2H3,(H,14,15). The first-order valence-corrected chi connectivity index (χ1v) is 6.03. The third kappa shape index (κ3) is 4.02. The van der Waals surface area contributed by atoms with Gasteiger partial charge in [-0.25, -0.2) is 4.79 Å². The lowest BCUT2D eigenvalue weighted by atomic mass is 10.1. The van der Waals surface area contributed by atoms with Crippen LogP contribution in [0.5, 0.6) is 5.75 Å². The van der Waals surface area contributed by atoms with E-state index in [1.165, 1.54) is 12.1 Å². The van der Waals surface area contributed by atoms with Crippen LogP contribution in [0, 0.1) is 0 Å².